The summed E-state index contributed by atoms with van der Waals surface area (Å²) in [6.07, 6.45) is 7.94. The Kier molecular flexibility index (Phi) is 10.0. The second kappa shape index (κ2) is 15.3. The number of benzene rings is 4. The van der Waals surface area contributed by atoms with Crippen LogP contribution in [0.4, 0.5) is 20.2 Å². The summed E-state index contributed by atoms with van der Waals surface area (Å²) in [4.78, 5) is 24.3. The highest BCUT2D eigenvalue weighted by Gasteiger charge is 2.17. The Balaban J connectivity index is 0.000000168. The number of nitrogens with two attached hydrogens (primary N) is 1. The first-order valence-corrected chi connectivity index (χ1v) is 18.5. The minimum Gasteiger partial charge on any atom is -0.399 e. The van der Waals surface area contributed by atoms with Crippen molar-refractivity contribution < 1.29 is 17.2 Å². The van der Waals surface area contributed by atoms with E-state index >= 15 is 0 Å². The highest BCUT2D eigenvalue weighted by atomic mass is 32.2. The van der Waals surface area contributed by atoms with E-state index in [-0.39, 0.29) is 11.6 Å². The normalized spacial score (nSPS) is 11.1. The lowest BCUT2D eigenvalue weighted by molar-refractivity contribution is 0.606. The van der Waals surface area contributed by atoms with Crippen molar-refractivity contribution in [1.82, 2.24) is 29.9 Å². The van der Waals surface area contributed by atoms with Gasteiger partial charge in [0.25, 0.3) is 0 Å². The molecule has 0 aliphatic heterocycles. The number of nitrogen functional groups attached to an aromatic ring is 1. The van der Waals surface area contributed by atoms with Crippen molar-refractivity contribution in [2.75, 3.05) is 16.7 Å². The smallest absolute Gasteiger partial charge is 0.229 e. The molecule has 0 unspecified atom stereocenters. The predicted octanol–water partition coefficient (Wildman–Crippen LogP) is 8.84. The summed E-state index contributed by atoms with van der Waals surface area (Å²) in [7, 11) is -3.34. The van der Waals surface area contributed by atoms with Gasteiger partial charge in [-0.15, -0.1) is 0 Å². The van der Waals surface area contributed by atoms with E-state index in [4.69, 9.17) is 15.7 Å². The number of sulfonamides is 1. The van der Waals surface area contributed by atoms with Gasteiger partial charge in [-0.05, 0) is 121 Å². The second-order valence-corrected chi connectivity index (χ2v) is 13.9. The van der Waals surface area contributed by atoms with Crippen molar-refractivity contribution in [3.63, 3.8) is 0 Å². The fourth-order valence-corrected chi connectivity index (χ4v) is 6.22. The molecule has 0 saturated carbocycles. The molecule has 4 heterocycles. The summed E-state index contributed by atoms with van der Waals surface area (Å²) >= 11 is 0. The molecule has 0 aliphatic rings. The maximum atomic E-state index is 13.4. The van der Waals surface area contributed by atoms with Gasteiger partial charge < -0.3 is 15.7 Å². The van der Waals surface area contributed by atoms with Gasteiger partial charge in [0.2, 0.25) is 10.0 Å². The van der Waals surface area contributed by atoms with Gasteiger partial charge in [-0.25, -0.2) is 27.2 Å². The van der Waals surface area contributed by atoms with Gasteiger partial charge in [0, 0.05) is 69.5 Å². The van der Waals surface area contributed by atoms with Gasteiger partial charge in [-0.1, -0.05) is 0 Å². The highest BCUT2D eigenvalue weighted by Crippen LogP contribution is 2.34. The van der Waals surface area contributed by atoms with Crippen LogP contribution >= 0.6 is 0 Å². The zero-order valence-corrected chi connectivity index (χ0v) is 29.5. The summed E-state index contributed by atoms with van der Waals surface area (Å²) in [5, 5.41) is 0. The number of anilines is 2. The number of hydrogen-bond acceptors (Lipinski definition) is 7. The molecule has 0 fully saturated rings. The zero-order valence-electron chi connectivity index (χ0n) is 28.7. The van der Waals surface area contributed by atoms with E-state index in [1.54, 1.807) is 73.3 Å². The van der Waals surface area contributed by atoms with Gasteiger partial charge in [0.15, 0.2) is 0 Å². The van der Waals surface area contributed by atoms with E-state index in [1.807, 2.05) is 48.5 Å². The topological polar surface area (TPSA) is 155 Å². The number of hydrogen-bond donors (Lipinski definition) is 4. The molecule has 5 N–H and O–H groups in total. The SMILES string of the molecule is CS(=O)(=O)Nc1ccc(-c2nc(-c3ccc(F)cc3)c(-c3ccncc3)[nH]2)cc1.Nc1ccc(-c2nc(-c3ccc(F)cc3)c(-c3ccncc3)[nH]2)cc1. The van der Waals surface area contributed by atoms with Crippen LogP contribution in [-0.4, -0.2) is 44.6 Å². The van der Waals surface area contributed by atoms with Gasteiger partial charge in [-0.2, -0.15) is 0 Å². The standard InChI is InChI=1S/C21H17FN4O2S.C20H15FN4/c1-29(27,28)26-18-8-4-16(5-9-18)21-24-19(14-2-6-17(22)7-3-14)20(25-21)15-10-12-23-13-11-15;21-16-5-1-13(2-6-16)18-19(14-9-11-23-12-10-14)25-20(24-18)15-3-7-17(22)8-4-15/h2-13,26H,1H3,(H,24,25);1-12H,22H2,(H,24,25). The molecular weight excluding hydrogens is 707 g/mol. The largest absolute Gasteiger partial charge is 0.399 e. The van der Waals surface area contributed by atoms with Crippen LogP contribution in [0.15, 0.2) is 146 Å². The monoisotopic (exact) mass is 738 g/mol. The van der Waals surface area contributed by atoms with Crippen LogP contribution < -0.4 is 10.5 Å². The first-order chi connectivity index (χ1) is 26.1. The van der Waals surface area contributed by atoms with E-state index in [2.05, 4.69) is 24.7 Å². The van der Waals surface area contributed by atoms with E-state index in [0.717, 1.165) is 62.5 Å². The number of halogens is 2. The summed E-state index contributed by atoms with van der Waals surface area (Å²) < 4.78 is 51.8. The minimum absolute atomic E-state index is 0.275. The van der Waals surface area contributed by atoms with Crippen LogP contribution in [0.2, 0.25) is 0 Å². The molecular formula is C41H32F2N8O2S. The molecule has 8 aromatic rings. The number of pyridine rings is 2. The van der Waals surface area contributed by atoms with Gasteiger partial charge in [0.05, 0.1) is 29.0 Å². The average Bonchev–Trinajstić information content (AvgIpc) is 3.83. The molecule has 4 aromatic heterocycles. The number of aromatic amines is 2. The van der Waals surface area contributed by atoms with Gasteiger partial charge in [-0.3, -0.25) is 14.7 Å². The Morgan fingerprint density at radius 3 is 1.28 bits per heavy atom. The molecule has 54 heavy (non-hydrogen) atoms. The van der Waals surface area contributed by atoms with Crippen molar-refractivity contribution in [3.05, 3.63) is 158 Å². The third-order valence-electron chi connectivity index (χ3n) is 8.23. The fraction of sp³-hybridized carbons (Fsp3) is 0.0244. The second-order valence-electron chi connectivity index (χ2n) is 12.2. The summed E-state index contributed by atoms with van der Waals surface area (Å²) in [5.74, 6) is 0.751. The third kappa shape index (κ3) is 8.38. The quantitative estimate of drug-likeness (QED) is 0.114. The molecule has 0 spiro atoms. The molecule has 0 bridgehead atoms. The molecule has 0 atom stereocenters. The molecule has 268 valence electrons. The van der Waals surface area contributed by atoms with Gasteiger partial charge in [0.1, 0.15) is 23.3 Å². The first-order valence-electron chi connectivity index (χ1n) is 16.6. The number of imidazole rings is 2. The molecule has 13 heteroatoms. The summed E-state index contributed by atoms with van der Waals surface area (Å²) in [6, 6.07) is 34.4. The third-order valence-corrected chi connectivity index (χ3v) is 8.83. The Bertz CT molecular complexity index is 2600. The predicted molar refractivity (Wildman–Crippen MR) is 208 cm³/mol. The van der Waals surface area contributed by atoms with E-state index < -0.39 is 10.0 Å². The average molecular weight is 739 g/mol. The van der Waals surface area contributed by atoms with Crippen LogP contribution in [0.25, 0.3) is 67.8 Å². The zero-order chi connectivity index (χ0) is 37.7. The van der Waals surface area contributed by atoms with Crippen LogP contribution in [0.3, 0.4) is 0 Å². The highest BCUT2D eigenvalue weighted by molar-refractivity contribution is 7.92. The van der Waals surface area contributed by atoms with Crippen LogP contribution in [-0.2, 0) is 10.0 Å². The number of nitrogens with one attached hydrogen (secondary N) is 3. The Morgan fingerprint density at radius 2 is 0.889 bits per heavy atom. The maximum Gasteiger partial charge on any atom is 0.229 e. The molecule has 0 amide bonds. The van der Waals surface area contributed by atoms with Crippen molar-refractivity contribution in [2.45, 2.75) is 0 Å². The van der Waals surface area contributed by atoms with Crippen molar-refractivity contribution in [2.24, 2.45) is 0 Å². The molecule has 0 aliphatic carbocycles. The van der Waals surface area contributed by atoms with Crippen molar-refractivity contribution >= 4 is 21.4 Å². The Hall–Kier alpha value is -6.99. The molecule has 0 saturated heterocycles. The van der Waals surface area contributed by atoms with E-state index in [0.29, 0.717) is 22.9 Å². The molecule has 8 rings (SSSR count). The van der Waals surface area contributed by atoms with Crippen LogP contribution in [0.5, 0.6) is 0 Å². The molecule has 0 radical (unpaired) electrons. The van der Waals surface area contributed by atoms with Crippen LogP contribution in [0.1, 0.15) is 0 Å². The molecule has 4 aromatic carbocycles. The molecule has 10 nitrogen and oxygen atoms in total. The number of nitrogens with zero attached hydrogens (tertiary/aromatic N) is 4. The van der Waals surface area contributed by atoms with Crippen molar-refractivity contribution in [1.29, 1.82) is 0 Å². The summed E-state index contributed by atoms with van der Waals surface area (Å²) in [5.41, 5.74) is 15.2. The van der Waals surface area contributed by atoms with Gasteiger partial charge >= 0.3 is 0 Å². The lowest BCUT2D eigenvalue weighted by Gasteiger charge is -2.04. The minimum atomic E-state index is -3.34. The first kappa shape index (κ1) is 35.4. The number of rotatable bonds is 8. The van der Waals surface area contributed by atoms with Crippen LogP contribution in [0, 0.1) is 11.6 Å². The fourth-order valence-electron chi connectivity index (χ4n) is 5.66. The maximum absolute atomic E-state index is 13.4. The Labute approximate surface area is 309 Å². The van der Waals surface area contributed by atoms with E-state index in [1.165, 1.54) is 24.3 Å². The number of H-pyrrole nitrogens is 2. The lowest BCUT2D eigenvalue weighted by Crippen LogP contribution is -2.09. The summed E-state index contributed by atoms with van der Waals surface area (Å²) in [6.45, 7) is 0. The number of aromatic nitrogens is 6. The Morgan fingerprint density at radius 1 is 0.519 bits per heavy atom. The lowest BCUT2D eigenvalue weighted by atomic mass is 10.1. The van der Waals surface area contributed by atoms with E-state index in [9.17, 15) is 17.2 Å². The van der Waals surface area contributed by atoms with Crippen molar-refractivity contribution in [3.8, 4) is 67.8 Å².